The number of methoxy groups -OCH3 is 2. The molecule has 0 saturated carbocycles. The molecule has 0 saturated heterocycles. The summed E-state index contributed by atoms with van der Waals surface area (Å²) in [4.78, 5) is 0. The van der Waals surface area contributed by atoms with Crippen molar-refractivity contribution < 1.29 is 9.47 Å². The molecule has 1 atom stereocenters. The highest BCUT2D eigenvalue weighted by Gasteiger charge is 2.25. The average Bonchev–Trinajstić information content (AvgIpc) is 2.53. The number of benzene rings is 2. The zero-order chi connectivity index (χ0) is 14.8. The quantitative estimate of drug-likeness (QED) is 0.825. The lowest BCUT2D eigenvalue weighted by Gasteiger charge is -2.27. The number of fused-ring (bicyclic) bond motifs is 1. The van der Waals surface area contributed by atoms with Crippen LogP contribution in [0.25, 0.3) is 11.1 Å². The first-order chi connectivity index (χ1) is 10.2. The van der Waals surface area contributed by atoms with Gasteiger partial charge in [-0.2, -0.15) is 0 Å². The van der Waals surface area contributed by atoms with E-state index in [0.29, 0.717) is 5.92 Å². The fourth-order valence-corrected chi connectivity index (χ4v) is 3.33. The molecule has 2 heteroatoms. The Kier molecular flexibility index (Phi) is 3.87. The predicted octanol–water partition coefficient (Wildman–Crippen LogP) is 4.50. The molecule has 0 aromatic heterocycles. The van der Waals surface area contributed by atoms with E-state index >= 15 is 0 Å². The van der Waals surface area contributed by atoms with Crippen LogP contribution < -0.4 is 9.47 Å². The molecule has 21 heavy (non-hydrogen) atoms. The van der Waals surface area contributed by atoms with Crippen molar-refractivity contribution in [3.63, 3.8) is 0 Å². The molecule has 0 N–H and O–H groups in total. The van der Waals surface area contributed by atoms with Crippen LogP contribution in [0.4, 0.5) is 0 Å². The van der Waals surface area contributed by atoms with Crippen LogP contribution in [0.2, 0.25) is 0 Å². The Labute approximate surface area is 126 Å². The summed E-state index contributed by atoms with van der Waals surface area (Å²) >= 11 is 0. The third-order valence-corrected chi connectivity index (χ3v) is 4.41. The van der Waals surface area contributed by atoms with E-state index in [2.05, 4.69) is 43.3 Å². The SMILES string of the molecule is COc1cc(-c2ccccc2)c2c(c1OC)CC(C)CC2. The van der Waals surface area contributed by atoms with Gasteiger partial charge in [-0.3, -0.25) is 0 Å². The molecule has 0 radical (unpaired) electrons. The molecule has 2 aromatic rings. The summed E-state index contributed by atoms with van der Waals surface area (Å²) in [6, 6.07) is 12.7. The molecule has 2 nitrogen and oxygen atoms in total. The van der Waals surface area contributed by atoms with Gasteiger partial charge in [0.15, 0.2) is 11.5 Å². The predicted molar refractivity (Wildman–Crippen MR) is 86.2 cm³/mol. The fourth-order valence-electron chi connectivity index (χ4n) is 3.33. The summed E-state index contributed by atoms with van der Waals surface area (Å²) < 4.78 is 11.2. The van der Waals surface area contributed by atoms with E-state index in [1.165, 1.54) is 28.7 Å². The Bertz CT molecular complexity index is 632. The summed E-state index contributed by atoms with van der Waals surface area (Å²) in [6.45, 7) is 2.31. The highest BCUT2D eigenvalue weighted by molar-refractivity contribution is 5.74. The molecule has 3 rings (SSSR count). The van der Waals surface area contributed by atoms with Gasteiger partial charge in [0.1, 0.15) is 0 Å². The van der Waals surface area contributed by atoms with Crippen LogP contribution in [0, 0.1) is 5.92 Å². The zero-order valence-corrected chi connectivity index (χ0v) is 13.0. The van der Waals surface area contributed by atoms with Crippen molar-refractivity contribution in [2.45, 2.75) is 26.2 Å². The van der Waals surface area contributed by atoms with Crippen LogP contribution in [0.5, 0.6) is 11.5 Å². The molecule has 0 aliphatic heterocycles. The molecule has 110 valence electrons. The van der Waals surface area contributed by atoms with Crippen LogP contribution in [0.3, 0.4) is 0 Å². The van der Waals surface area contributed by atoms with Gasteiger partial charge in [-0.05, 0) is 47.9 Å². The van der Waals surface area contributed by atoms with Crippen molar-refractivity contribution in [2.75, 3.05) is 14.2 Å². The smallest absolute Gasteiger partial charge is 0.164 e. The fraction of sp³-hybridized carbons (Fsp3) is 0.368. The minimum Gasteiger partial charge on any atom is -0.493 e. The van der Waals surface area contributed by atoms with E-state index in [4.69, 9.17) is 9.47 Å². The maximum atomic E-state index is 5.65. The van der Waals surface area contributed by atoms with Crippen molar-refractivity contribution >= 4 is 0 Å². The van der Waals surface area contributed by atoms with Crippen molar-refractivity contribution in [1.29, 1.82) is 0 Å². The van der Waals surface area contributed by atoms with Gasteiger partial charge >= 0.3 is 0 Å². The van der Waals surface area contributed by atoms with E-state index in [0.717, 1.165) is 24.3 Å². The number of hydrogen-bond acceptors (Lipinski definition) is 2. The molecule has 1 aliphatic rings. The van der Waals surface area contributed by atoms with Gasteiger partial charge < -0.3 is 9.47 Å². The van der Waals surface area contributed by atoms with Gasteiger partial charge in [0, 0.05) is 5.56 Å². The summed E-state index contributed by atoms with van der Waals surface area (Å²) in [5, 5.41) is 0. The average molecular weight is 282 g/mol. The van der Waals surface area contributed by atoms with E-state index in [-0.39, 0.29) is 0 Å². The second-order valence-corrected chi connectivity index (χ2v) is 5.83. The molecule has 0 amide bonds. The normalized spacial score (nSPS) is 17.2. The minimum absolute atomic E-state index is 0.696. The van der Waals surface area contributed by atoms with Crippen LogP contribution in [-0.4, -0.2) is 14.2 Å². The Morgan fingerprint density at radius 3 is 2.43 bits per heavy atom. The van der Waals surface area contributed by atoms with Crippen molar-refractivity contribution in [1.82, 2.24) is 0 Å². The first kappa shape index (κ1) is 14.0. The van der Waals surface area contributed by atoms with Crippen molar-refractivity contribution in [2.24, 2.45) is 5.92 Å². The highest BCUT2D eigenvalue weighted by atomic mass is 16.5. The topological polar surface area (TPSA) is 18.5 Å². The summed E-state index contributed by atoms with van der Waals surface area (Å²) in [7, 11) is 3.45. The lowest BCUT2D eigenvalue weighted by molar-refractivity contribution is 0.346. The van der Waals surface area contributed by atoms with Gasteiger partial charge in [0.25, 0.3) is 0 Å². The van der Waals surface area contributed by atoms with Crippen LogP contribution >= 0.6 is 0 Å². The Morgan fingerprint density at radius 2 is 1.76 bits per heavy atom. The summed E-state index contributed by atoms with van der Waals surface area (Å²) in [5.74, 6) is 2.45. The van der Waals surface area contributed by atoms with Gasteiger partial charge in [-0.15, -0.1) is 0 Å². The molecule has 0 spiro atoms. The van der Waals surface area contributed by atoms with Crippen LogP contribution in [0.15, 0.2) is 36.4 Å². The maximum Gasteiger partial charge on any atom is 0.164 e. The van der Waals surface area contributed by atoms with Crippen molar-refractivity contribution in [3.05, 3.63) is 47.5 Å². The summed E-state index contributed by atoms with van der Waals surface area (Å²) in [6.07, 6.45) is 3.42. The first-order valence-corrected chi connectivity index (χ1v) is 7.56. The first-order valence-electron chi connectivity index (χ1n) is 7.56. The molecule has 1 unspecified atom stereocenters. The largest absolute Gasteiger partial charge is 0.493 e. The molecular weight excluding hydrogens is 260 g/mol. The number of rotatable bonds is 3. The molecule has 0 fully saturated rings. The number of ether oxygens (including phenoxy) is 2. The zero-order valence-electron chi connectivity index (χ0n) is 13.0. The lowest BCUT2D eigenvalue weighted by Crippen LogP contribution is -2.14. The Balaban J connectivity index is 2.24. The summed E-state index contributed by atoms with van der Waals surface area (Å²) in [5.41, 5.74) is 5.30. The molecule has 0 heterocycles. The minimum atomic E-state index is 0.696. The molecule has 0 bridgehead atoms. The van der Waals surface area contributed by atoms with Gasteiger partial charge in [-0.25, -0.2) is 0 Å². The monoisotopic (exact) mass is 282 g/mol. The molecule has 2 aromatic carbocycles. The van der Waals surface area contributed by atoms with E-state index < -0.39 is 0 Å². The van der Waals surface area contributed by atoms with E-state index in [9.17, 15) is 0 Å². The Hall–Kier alpha value is -1.96. The lowest BCUT2D eigenvalue weighted by atomic mass is 9.80. The van der Waals surface area contributed by atoms with Gasteiger partial charge in [-0.1, -0.05) is 37.3 Å². The molecular formula is C19H22O2. The highest BCUT2D eigenvalue weighted by Crippen LogP contribution is 2.44. The van der Waals surface area contributed by atoms with E-state index in [1.807, 2.05) is 0 Å². The molecule has 1 aliphatic carbocycles. The third kappa shape index (κ3) is 2.51. The van der Waals surface area contributed by atoms with Gasteiger partial charge in [0.05, 0.1) is 14.2 Å². The van der Waals surface area contributed by atoms with Crippen LogP contribution in [0.1, 0.15) is 24.5 Å². The van der Waals surface area contributed by atoms with Gasteiger partial charge in [0.2, 0.25) is 0 Å². The van der Waals surface area contributed by atoms with E-state index in [1.54, 1.807) is 14.2 Å². The van der Waals surface area contributed by atoms with Crippen molar-refractivity contribution in [3.8, 4) is 22.6 Å². The second-order valence-electron chi connectivity index (χ2n) is 5.83. The number of hydrogen-bond donors (Lipinski definition) is 0. The standard InChI is InChI=1S/C19H22O2/c1-13-9-10-15-16(14-7-5-4-6-8-14)12-18(20-2)19(21-3)17(15)11-13/h4-8,12-13H,9-11H2,1-3H3. The maximum absolute atomic E-state index is 5.65. The van der Waals surface area contributed by atoms with Crippen LogP contribution in [-0.2, 0) is 12.8 Å². The second kappa shape index (κ2) is 5.80. The third-order valence-electron chi connectivity index (χ3n) is 4.41. The Morgan fingerprint density at radius 1 is 1.00 bits per heavy atom.